The molecule has 7 heteroatoms. The minimum Gasteiger partial charge on any atom is -0.340 e. The third-order valence-electron chi connectivity index (χ3n) is 3.14. The topological polar surface area (TPSA) is 54.5 Å². The number of nitrogens with zero attached hydrogens (tertiary/aromatic N) is 1. The molecular formula is C13H16ClNO3S2. The fourth-order valence-corrected chi connectivity index (χ4v) is 4.33. The van der Waals surface area contributed by atoms with E-state index in [-0.39, 0.29) is 17.4 Å². The predicted octanol–water partition coefficient (Wildman–Crippen LogP) is 1.83. The van der Waals surface area contributed by atoms with Crippen LogP contribution in [0.4, 0.5) is 0 Å². The minimum atomic E-state index is -2.94. The van der Waals surface area contributed by atoms with E-state index in [2.05, 4.69) is 0 Å². The van der Waals surface area contributed by atoms with Crippen molar-refractivity contribution < 1.29 is 13.2 Å². The highest BCUT2D eigenvalue weighted by molar-refractivity contribution is 7.99. The van der Waals surface area contributed by atoms with E-state index in [1.165, 1.54) is 11.8 Å². The summed E-state index contributed by atoms with van der Waals surface area (Å²) in [5.74, 6) is 1.18. The Kier molecular flexibility index (Phi) is 5.35. The smallest absolute Gasteiger partial charge is 0.232 e. The van der Waals surface area contributed by atoms with Gasteiger partial charge in [0.2, 0.25) is 5.91 Å². The SMILES string of the molecule is O=C(CSCc1ccccc1Cl)N1CCS(=O)(=O)CC1. The van der Waals surface area contributed by atoms with Gasteiger partial charge in [0.05, 0.1) is 17.3 Å². The van der Waals surface area contributed by atoms with E-state index >= 15 is 0 Å². The first-order valence-corrected chi connectivity index (χ1v) is 9.63. The van der Waals surface area contributed by atoms with Crippen LogP contribution in [0.15, 0.2) is 24.3 Å². The van der Waals surface area contributed by atoms with Crippen molar-refractivity contribution >= 4 is 39.1 Å². The molecule has 1 aromatic rings. The minimum absolute atomic E-state index is 0.00282. The summed E-state index contributed by atoms with van der Waals surface area (Å²) >= 11 is 7.54. The van der Waals surface area contributed by atoms with E-state index in [1.54, 1.807) is 4.90 Å². The zero-order valence-corrected chi connectivity index (χ0v) is 13.3. The quantitative estimate of drug-likeness (QED) is 0.843. The van der Waals surface area contributed by atoms with Gasteiger partial charge in [-0.3, -0.25) is 4.79 Å². The first kappa shape index (κ1) is 15.7. The highest BCUT2D eigenvalue weighted by Gasteiger charge is 2.24. The fraction of sp³-hybridized carbons (Fsp3) is 0.462. The third-order valence-corrected chi connectivity index (χ3v) is 6.08. The summed E-state index contributed by atoms with van der Waals surface area (Å²) < 4.78 is 22.6. The number of halogens is 1. The monoisotopic (exact) mass is 333 g/mol. The van der Waals surface area contributed by atoms with Crippen LogP contribution in [-0.4, -0.2) is 49.6 Å². The van der Waals surface area contributed by atoms with Gasteiger partial charge >= 0.3 is 0 Å². The molecule has 0 saturated carbocycles. The molecule has 0 N–H and O–H groups in total. The summed E-state index contributed by atoms with van der Waals surface area (Å²) in [6.07, 6.45) is 0. The average Bonchev–Trinajstić information content (AvgIpc) is 2.40. The zero-order valence-electron chi connectivity index (χ0n) is 10.9. The molecule has 0 radical (unpaired) electrons. The van der Waals surface area contributed by atoms with Gasteiger partial charge < -0.3 is 4.90 Å². The largest absolute Gasteiger partial charge is 0.340 e. The van der Waals surface area contributed by atoms with Gasteiger partial charge in [-0.1, -0.05) is 29.8 Å². The van der Waals surface area contributed by atoms with Crippen molar-refractivity contribution in [2.75, 3.05) is 30.3 Å². The van der Waals surface area contributed by atoms with Crippen molar-refractivity contribution in [1.29, 1.82) is 0 Å². The van der Waals surface area contributed by atoms with Gasteiger partial charge in [0, 0.05) is 23.9 Å². The molecular weight excluding hydrogens is 318 g/mol. The third kappa shape index (κ3) is 4.40. The molecule has 1 amide bonds. The number of thioether (sulfide) groups is 1. The van der Waals surface area contributed by atoms with E-state index in [1.807, 2.05) is 24.3 Å². The highest BCUT2D eigenvalue weighted by Crippen LogP contribution is 2.21. The van der Waals surface area contributed by atoms with Gasteiger partial charge in [-0.2, -0.15) is 0 Å². The molecule has 1 aliphatic rings. The van der Waals surface area contributed by atoms with Gasteiger partial charge in [0.25, 0.3) is 0 Å². The Hall–Kier alpha value is -0.720. The second kappa shape index (κ2) is 6.83. The Bertz CT molecular complexity index is 575. The molecule has 0 aromatic heterocycles. The van der Waals surface area contributed by atoms with E-state index in [0.717, 1.165) is 5.56 Å². The summed E-state index contributed by atoms with van der Waals surface area (Å²) in [5, 5.41) is 0.705. The van der Waals surface area contributed by atoms with E-state index in [4.69, 9.17) is 11.6 Å². The lowest BCUT2D eigenvalue weighted by atomic mass is 10.2. The molecule has 110 valence electrons. The first-order valence-electron chi connectivity index (χ1n) is 6.27. The van der Waals surface area contributed by atoms with Crippen LogP contribution in [0.2, 0.25) is 5.02 Å². The average molecular weight is 334 g/mol. The van der Waals surface area contributed by atoms with E-state index in [9.17, 15) is 13.2 Å². The Morgan fingerprint density at radius 1 is 1.25 bits per heavy atom. The van der Waals surface area contributed by atoms with Crippen LogP contribution in [0.5, 0.6) is 0 Å². The van der Waals surface area contributed by atoms with Crippen LogP contribution < -0.4 is 0 Å². The lowest BCUT2D eigenvalue weighted by Crippen LogP contribution is -2.44. The van der Waals surface area contributed by atoms with Crippen LogP contribution >= 0.6 is 23.4 Å². The van der Waals surface area contributed by atoms with Gasteiger partial charge in [0.15, 0.2) is 9.84 Å². The van der Waals surface area contributed by atoms with Crippen LogP contribution in [0.3, 0.4) is 0 Å². The second-order valence-corrected chi connectivity index (χ2v) is 8.31. The molecule has 1 fully saturated rings. The van der Waals surface area contributed by atoms with Crippen molar-refractivity contribution in [2.24, 2.45) is 0 Å². The number of rotatable bonds is 4. The Morgan fingerprint density at radius 2 is 1.90 bits per heavy atom. The molecule has 0 bridgehead atoms. The van der Waals surface area contributed by atoms with Gasteiger partial charge in [-0.25, -0.2) is 8.42 Å². The van der Waals surface area contributed by atoms with Gasteiger partial charge in [-0.15, -0.1) is 11.8 Å². The van der Waals surface area contributed by atoms with Crippen molar-refractivity contribution in [2.45, 2.75) is 5.75 Å². The number of hydrogen-bond acceptors (Lipinski definition) is 4. The summed E-state index contributed by atoms with van der Waals surface area (Å²) in [6.45, 7) is 0.627. The van der Waals surface area contributed by atoms with E-state index < -0.39 is 9.84 Å². The number of carbonyl (C=O) groups is 1. The normalized spacial score (nSPS) is 17.9. The lowest BCUT2D eigenvalue weighted by Gasteiger charge is -2.26. The molecule has 0 aliphatic carbocycles. The van der Waals surface area contributed by atoms with E-state index in [0.29, 0.717) is 29.6 Å². The maximum absolute atomic E-state index is 12.0. The summed E-state index contributed by atoms with van der Waals surface area (Å²) in [4.78, 5) is 13.6. The fourth-order valence-electron chi connectivity index (χ4n) is 1.92. The molecule has 4 nitrogen and oxygen atoms in total. The van der Waals surface area contributed by atoms with Crippen molar-refractivity contribution in [1.82, 2.24) is 4.90 Å². The number of sulfone groups is 1. The molecule has 1 aliphatic heterocycles. The molecule has 1 heterocycles. The van der Waals surface area contributed by atoms with Gasteiger partial charge in [0.1, 0.15) is 0 Å². The van der Waals surface area contributed by atoms with Crippen LogP contribution in [0.1, 0.15) is 5.56 Å². The predicted molar refractivity (Wildman–Crippen MR) is 82.8 cm³/mol. The maximum atomic E-state index is 12.0. The molecule has 20 heavy (non-hydrogen) atoms. The summed E-state index contributed by atoms with van der Waals surface area (Å²) in [6, 6.07) is 7.55. The molecule has 0 spiro atoms. The zero-order chi connectivity index (χ0) is 14.6. The number of carbonyl (C=O) groups excluding carboxylic acids is 1. The van der Waals surface area contributed by atoms with Crippen molar-refractivity contribution in [3.05, 3.63) is 34.9 Å². The second-order valence-electron chi connectivity index (χ2n) is 4.62. The summed E-state index contributed by atoms with van der Waals surface area (Å²) in [7, 11) is -2.94. The van der Waals surface area contributed by atoms with Crippen LogP contribution in [0, 0.1) is 0 Å². The Balaban J connectivity index is 1.77. The Labute approximate surface area is 128 Å². The Morgan fingerprint density at radius 3 is 2.55 bits per heavy atom. The molecule has 0 unspecified atom stereocenters. The first-order chi connectivity index (χ1) is 9.48. The van der Waals surface area contributed by atoms with Gasteiger partial charge in [-0.05, 0) is 11.6 Å². The number of hydrogen-bond donors (Lipinski definition) is 0. The lowest BCUT2D eigenvalue weighted by molar-refractivity contribution is -0.128. The standard InChI is InChI=1S/C13H16ClNO3S2/c14-12-4-2-1-3-11(12)9-19-10-13(16)15-5-7-20(17,18)8-6-15/h1-4H,5-10H2. The number of benzene rings is 1. The van der Waals surface area contributed by atoms with Crippen molar-refractivity contribution in [3.63, 3.8) is 0 Å². The number of amides is 1. The summed E-state index contributed by atoms with van der Waals surface area (Å²) in [5.41, 5.74) is 1.01. The molecule has 2 rings (SSSR count). The molecule has 1 aromatic carbocycles. The molecule has 0 atom stereocenters. The van der Waals surface area contributed by atoms with Crippen molar-refractivity contribution in [3.8, 4) is 0 Å². The molecule has 1 saturated heterocycles. The highest BCUT2D eigenvalue weighted by atomic mass is 35.5. The maximum Gasteiger partial charge on any atom is 0.232 e. The van der Waals surface area contributed by atoms with Crippen LogP contribution in [-0.2, 0) is 20.4 Å². The van der Waals surface area contributed by atoms with Crippen LogP contribution in [0.25, 0.3) is 0 Å².